The number of piperazine rings is 1. The van der Waals surface area contributed by atoms with E-state index in [0.29, 0.717) is 67.2 Å². The smallest absolute Gasteiger partial charge is 0.227 e. The minimum atomic E-state index is -0.422. The average Bonchev–Trinajstić information content (AvgIpc) is 2.99. The largest absolute Gasteiger partial charge is 0.489 e. The maximum absolute atomic E-state index is 14.4. The molecule has 1 fully saturated rings. The van der Waals surface area contributed by atoms with Crippen LogP contribution in [0.15, 0.2) is 30.3 Å². The zero-order valence-electron chi connectivity index (χ0n) is 17.3. The molecule has 8 heteroatoms. The van der Waals surface area contributed by atoms with Gasteiger partial charge in [-0.05, 0) is 42.8 Å². The summed E-state index contributed by atoms with van der Waals surface area (Å²) in [5.41, 5.74) is 1.57. The number of ether oxygens (including phenoxy) is 2. The fourth-order valence-electron chi connectivity index (χ4n) is 3.85. The third kappa shape index (κ3) is 4.77. The van der Waals surface area contributed by atoms with Gasteiger partial charge >= 0.3 is 0 Å². The number of halogens is 2. The van der Waals surface area contributed by atoms with Crippen LogP contribution in [0.1, 0.15) is 29.3 Å². The SMILES string of the molecule is CC(=O)c1ccc(N2CCN(C(=O)Cc3cc(Cl)c4c(c3)OCCCO4)CC2)c(F)c1. The molecule has 0 aliphatic carbocycles. The molecule has 31 heavy (non-hydrogen) atoms. The van der Waals surface area contributed by atoms with Crippen molar-refractivity contribution in [1.82, 2.24) is 4.90 Å². The molecule has 0 atom stereocenters. The Kier molecular flexibility index (Phi) is 6.32. The molecule has 2 aliphatic heterocycles. The van der Waals surface area contributed by atoms with Gasteiger partial charge in [0.2, 0.25) is 5.91 Å². The molecule has 4 rings (SSSR count). The van der Waals surface area contributed by atoms with E-state index in [1.807, 2.05) is 11.0 Å². The second-order valence-electron chi connectivity index (χ2n) is 7.72. The van der Waals surface area contributed by atoms with Gasteiger partial charge in [0.05, 0.1) is 30.3 Å². The van der Waals surface area contributed by atoms with Crippen molar-refractivity contribution < 1.29 is 23.5 Å². The van der Waals surface area contributed by atoms with Gasteiger partial charge in [-0.25, -0.2) is 4.39 Å². The van der Waals surface area contributed by atoms with Gasteiger partial charge in [-0.2, -0.15) is 0 Å². The lowest BCUT2D eigenvalue weighted by Gasteiger charge is -2.36. The van der Waals surface area contributed by atoms with E-state index in [2.05, 4.69) is 0 Å². The number of benzene rings is 2. The summed E-state index contributed by atoms with van der Waals surface area (Å²) >= 11 is 6.33. The number of carbonyl (C=O) groups is 2. The predicted octanol–water partition coefficient (Wildman–Crippen LogP) is 3.73. The van der Waals surface area contributed by atoms with Crippen molar-refractivity contribution in [3.8, 4) is 11.5 Å². The Balaban J connectivity index is 1.38. The number of amides is 1. The van der Waals surface area contributed by atoms with Gasteiger partial charge in [-0.1, -0.05) is 11.6 Å². The molecule has 0 spiro atoms. The third-order valence-electron chi connectivity index (χ3n) is 5.54. The third-order valence-corrected chi connectivity index (χ3v) is 5.83. The zero-order valence-corrected chi connectivity index (χ0v) is 18.1. The topological polar surface area (TPSA) is 59.1 Å². The summed E-state index contributed by atoms with van der Waals surface area (Å²) < 4.78 is 25.8. The maximum Gasteiger partial charge on any atom is 0.227 e. The lowest BCUT2D eigenvalue weighted by atomic mass is 10.1. The van der Waals surface area contributed by atoms with Crippen LogP contribution < -0.4 is 14.4 Å². The first-order valence-corrected chi connectivity index (χ1v) is 10.7. The molecule has 2 heterocycles. The normalized spacial score (nSPS) is 16.1. The summed E-state index contributed by atoms with van der Waals surface area (Å²) in [5.74, 6) is 0.492. The number of fused-ring (bicyclic) bond motifs is 1. The Morgan fingerprint density at radius 3 is 2.52 bits per heavy atom. The standard InChI is InChI=1S/C23H24ClFN2O4/c1-15(28)17-3-4-20(19(25)14-17)26-5-7-27(8-6-26)22(29)13-16-11-18(24)23-21(12-16)30-9-2-10-31-23/h3-4,11-12,14H,2,5-10,13H2,1H3. The highest BCUT2D eigenvalue weighted by atomic mass is 35.5. The van der Waals surface area contributed by atoms with Crippen molar-refractivity contribution in [2.24, 2.45) is 0 Å². The van der Waals surface area contributed by atoms with Crippen LogP contribution in [0.5, 0.6) is 11.5 Å². The summed E-state index contributed by atoms with van der Waals surface area (Å²) in [7, 11) is 0. The first-order chi connectivity index (χ1) is 14.9. The Labute approximate surface area is 185 Å². The summed E-state index contributed by atoms with van der Waals surface area (Å²) in [6.07, 6.45) is 0.986. The van der Waals surface area contributed by atoms with E-state index in [-0.39, 0.29) is 18.1 Å². The monoisotopic (exact) mass is 446 g/mol. The van der Waals surface area contributed by atoms with Crippen LogP contribution in [-0.4, -0.2) is 56.0 Å². The summed E-state index contributed by atoms with van der Waals surface area (Å²) in [4.78, 5) is 27.9. The summed E-state index contributed by atoms with van der Waals surface area (Å²) in [5, 5.41) is 0.441. The number of hydrogen-bond donors (Lipinski definition) is 0. The second kappa shape index (κ2) is 9.14. The second-order valence-corrected chi connectivity index (χ2v) is 8.13. The minimum Gasteiger partial charge on any atom is -0.489 e. The van der Waals surface area contributed by atoms with Gasteiger partial charge in [0.1, 0.15) is 5.82 Å². The molecule has 164 valence electrons. The van der Waals surface area contributed by atoms with E-state index in [1.165, 1.54) is 13.0 Å². The maximum atomic E-state index is 14.4. The van der Waals surface area contributed by atoms with Crippen LogP contribution in [-0.2, 0) is 11.2 Å². The van der Waals surface area contributed by atoms with E-state index in [9.17, 15) is 14.0 Å². The van der Waals surface area contributed by atoms with Gasteiger partial charge in [-0.3, -0.25) is 9.59 Å². The minimum absolute atomic E-state index is 0.0161. The van der Waals surface area contributed by atoms with Crippen molar-refractivity contribution in [2.75, 3.05) is 44.3 Å². The molecule has 0 aromatic heterocycles. The van der Waals surface area contributed by atoms with E-state index < -0.39 is 5.82 Å². The van der Waals surface area contributed by atoms with E-state index in [0.717, 1.165) is 12.0 Å². The highest BCUT2D eigenvalue weighted by Gasteiger charge is 2.24. The first kappa shape index (κ1) is 21.4. The quantitative estimate of drug-likeness (QED) is 0.670. The Hall–Kier alpha value is -2.80. The van der Waals surface area contributed by atoms with Crippen molar-refractivity contribution >= 4 is 29.0 Å². The van der Waals surface area contributed by atoms with Crippen LogP contribution in [0.25, 0.3) is 0 Å². The predicted molar refractivity (Wildman–Crippen MR) is 116 cm³/mol. The number of carbonyl (C=O) groups excluding carboxylic acids is 2. The van der Waals surface area contributed by atoms with E-state index >= 15 is 0 Å². The van der Waals surface area contributed by atoms with Crippen LogP contribution in [0.3, 0.4) is 0 Å². The lowest BCUT2D eigenvalue weighted by molar-refractivity contribution is -0.130. The number of anilines is 1. The molecule has 1 amide bonds. The number of rotatable bonds is 4. The van der Waals surface area contributed by atoms with Crippen molar-refractivity contribution in [3.05, 3.63) is 52.3 Å². The molecule has 2 aromatic rings. The lowest BCUT2D eigenvalue weighted by Crippen LogP contribution is -2.49. The Morgan fingerprint density at radius 1 is 1.06 bits per heavy atom. The van der Waals surface area contributed by atoms with Crippen molar-refractivity contribution in [2.45, 2.75) is 19.8 Å². The highest BCUT2D eigenvalue weighted by Crippen LogP contribution is 2.38. The molecule has 2 aliphatic rings. The Morgan fingerprint density at radius 2 is 1.81 bits per heavy atom. The van der Waals surface area contributed by atoms with E-state index in [4.69, 9.17) is 21.1 Å². The molecule has 2 aromatic carbocycles. The number of Topliss-reactive ketones (excluding diaryl/α,β-unsaturated/α-hetero) is 1. The van der Waals surface area contributed by atoms with Crippen molar-refractivity contribution in [1.29, 1.82) is 0 Å². The van der Waals surface area contributed by atoms with Gasteiger partial charge in [0, 0.05) is 38.2 Å². The number of nitrogens with zero attached hydrogens (tertiary/aromatic N) is 2. The molecule has 1 saturated heterocycles. The first-order valence-electron chi connectivity index (χ1n) is 10.3. The van der Waals surface area contributed by atoms with Crippen LogP contribution >= 0.6 is 11.6 Å². The molecule has 6 nitrogen and oxygen atoms in total. The summed E-state index contributed by atoms with van der Waals surface area (Å²) in [6, 6.07) is 8.08. The fraction of sp³-hybridized carbons (Fsp3) is 0.391. The molecular formula is C23H24ClFN2O4. The van der Waals surface area contributed by atoms with Crippen LogP contribution in [0, 0.1) is 5.82 Å². The molecular weight excluding hydrogens is 423 g/mol. The van der Waals surface area contributed by atoms with Crippen LogP contribution in [0.2, 0.25) is 5.02 Å². The highest BCUT2D eigenvalue weighted by molar-refractivity contribution is 6.32. The number of hydrogen-bond acceptors (Lipinski definition) is 5. The molecule has 0 radical (unpaired) electrons. The molecule has 0 saturated carbocycles. The van der Waals surface area contributed by atoms with Gasteiger partial charge in [0.15, 0.2) is 17.3 Å². The molecule has 0 bridgehead atoms. The average molecular weight is 447 g/mol. The fourth-order valence-corrected chi connectivity index (χ4v) is 4.14. The number of ketones is 1. The van der Waals surface area contributed by atoms with Gasteiger partial charge in [0.25, 0.3) is 0 Å². The van der Waals surface area contributed by atoms with Crippen LogP contribution in [0.4, 0.5) is 10.1 Å². The Bertz CT molecular complexity index is 1010. The van der Waals surface area contributed by atoms with E-state index in [1.54, 1.807) is 23.1 Å². The zero-order chi connectivity index (χ0) is 22.0. The van der Waals surface area contributed by atoms with Crippen molar-refractivity contribution in [3.63, 3.8) is 0 Å². The van der Waals surface area contributed by atoms with Gasteiger partial charge < -0.3 is 19.3 Å². The van der Waals surface area contributed by atoms with Gasteiger partial charge in [-0.15, -0.1) is 0 Å². The molecule has 0 unspecified atom stereocenters. The summed E-state index contributed by atoms with van der Waals surface area (Å²) in [6.45, 7) is 4.53. The molecule has 0 N–H and O–H groups in total.